The van der Waals surface area contributed by atoms with Crippen molar-refractivity contribution in [3.63, 3.8) is 0 Å². The van der Waals surface area contributed by atoms with Crippen molar-refractivity contribution in [2.75, 3.05) is 7.05 Å². The summed E-state index contributed by atoms with van der Waals surface area (Å²) in [4.78, 5) is 2.27. The molecule has 1 aliphatic heterocycles. The van der Waals surface area contributed by atoms with E-state index in [0.717, 1.165) is 25.7 Å². The summed E-state index contributed by atoms with van der Waals surface area (Å²) in [5, 5.41) is 21.3. The van der Waals surface area contributed by atoms with Crippen molar-refractivity contribution in [1.29, 1.82) is 0 Å². The van der Waals surface area contributed by atoms with Gasteiger partial charge >= 0.3 is 0 Å². The Morgan fingerprint density at radius 1 is 1.16 bits per heavy atom. The van der Waals surface area contributed by atoms with Crippen molar-refractivity contribution in [1.82, 2.24) is 4.90 Å². The minimum Gasteiger partial charge on any atom is -0.390 e. The Hall–Kier alpha value is -0.900. The molecule has 1 aliphatic carbocycles. The predicted octanol–water partition coefficient (Wildman–Crippen LogP) is 2.10. The first-order valence-electron chi connectivity index (χ1n) is 7.30. The van der Waals surface area contributed by atoms with E-state index in [1.807, 2.05) is 18.2 Å². The van der Waals surface area contributed by atoms with Crippen molar-refractivity contribution >= 4 is 0 Å². The second-order valence-electron chi connectivity index (χ2n) is 6.10. The van der Waals surface area contributed by atoms with E-state index in [1.54, 1.807) is 0 Å². The molecule has 0 aromatic heterocycles. The number of aliphatic hydroxyl groups excluding tert-OH is 1. The number of benzene rings is 1. The third-order valence-electron chi connectivity index (χ3n) is 5.05. The lowest BCUT2D eigenvalue weighted by Crippen LogP contribution is -2.50. The molecule has 104 valence electrons. The van der Waals surface area contributed by atoms with Gasteiger partial charge in [0.05, 0.1) is 6.10 Å². The number of hydrogen-bond acceptors (Lipinski definition) is 3. The lowest BCUT2D eigenvalue weighted by molar-refractivity contribution is -0.0899. The average molecular weight is 261 g/mol. The first-order valence-corrected chi connectivity index (χ1v) is 7.30. The van der Waals surface area contributed by atoms with Crippen LogP contribution in [0.1, 0.15) is 43.7 Å². The summed E-state index contributed by atoms with van der Waals surface area (Å²) in [6.07, 6.45) is 3.87. The molecule has 2 fully saturated rings. The fourth-order valence-electron chi connectivity index (χ4n) is 3.92. The maximum atomic E-state index is 11.0. The molecular weight excluding hydrogens is 238 g/mol. The number of fused-ring (bicyclic) bond motifs is 1. The highest BCUT2D eigenvalue weighted by Crippen LogP contribution is 2.47. The highest BCUT2D eigenvalue weighted by Gasteiger charge is 2.54. The standard InChI is InChI=1S/C16H23NO2/c1-17-13(12-7-3-2-4-8-12)11-16(19)14(17)9-5-6-10-15(16)18/h2-4,7-8,13-15,18-19H,5-6,9-11H2,1H3/t13-,14-,15+,16+/m0/s1. The lowest BCUT2D eigenvalue weighted by Gasteiger charge is -2.34. The van der Waals surface area contributed by atoms with Gasteiger partial charge in [-0.15, -0.1) is 0 Å². The Balaban J connectivity index is 1.92. The molecule has 1 saturated carbocycles. The zero-order chi connectivity index (χ0) is 13.5. The van der Waals surface area contributed by atoms with E-state index in [0.29, 0.717) is 6.42 Å². The number of likely N-dealkylation sites (tertiary alicyclic amines) is 1. The number of rotatable bonds is 1. The summed E-state index contributed by atoms with van der Waals surface area (Å²) in [6, 6.07) is 10.6. The molecule has 3 nitrogen and oxygen atoms in total. The second-order valence-corrected chi connectivity index (χ2v) is 6.10. The largest absolute Gasteiger partial charge is 0.390 e. The van der Waals surface area contributed by atoms with Crippen LogP contribution in [0.3, 0.4) is 0 Å². The van der Waals surface area contributed by atoms with Gasteiger partial charge < -0.3 is 10.2 Å². The van der Waals surface area contributed by atoms with E-state index in [4.69, 9.17) is 0 Å². The highest BCUT2D eigenvalue weighted by atomic mass is 16.3. The van der Waals surface area contributed by atoms with E-state index >= 15 is 0 Å². The van der Waals surface area contributed by atoms with Crippen LogP contribution >= 0.6 is 0 Å². The van der Waals surface area contributed by atoms with Crippen LogP contribution in [0.25, 0.3) is 0 Å². The molecule has 0 radical (unpaired) electrons. The molecule has 1 saturated heterocycles. The van der Waals surface area contributed by atoms with Crippen LogP contribution in [0.4, 0.5) is 0 Å². The normalized spacial score (nSPS) is 39.8. The average Bonchev–Trinajstić information content (AvgIpc) is 2.59. The minimum atomic E-state index is -0.939. The van der Waals surface area contributed by atoms with Crippen molar-refractivity contribution in [3.05, 3.63) is 35.9 Å². The van der Waals surface area contributed by atoms with Crippen molar-refractivity contribution in [3.8, 4) is 0 Å². The van der Waals surface area contributed by atoms with Gasteiger partial charge in [-0.3, -0.25) is 4.90 Å². The molecule has 1 aromatic rings. The summed E-state index contributed by atoms with van der Waals surface area (Å²) < 4.78 is 0. The maximum Gasteiger partial charge on any atom is 0.108 e. The van der Waals surface area contributed by atoms with Gasteiger partial charge in [-0.05, 0) is 31.9 Å². The number of aliphatic hydroxyl groups is 2. The zero-order valence-corrected chi connectivity index (χ0v) is 11.5. The van der Waals surface area contributed by atoms with Gasteiger partial charge in [0.15, 0.2) is 0 Å². The van der Waals surface area contributed by atoms with Crippen LogP contribution in [0.2, 0.25) is 0 Å². The minimum absolute atomic E-state index is 0.0789. The summed E-state index contributed by atoms with van der Waals surface area (Å²) >= 11 is 0. The van der Waals surface area contributed by atoms with E-state index in [1.165, 1.54) is 5.56 Å². The molecule has 4 atom stereocenters. The summed E-state index contributed by atoms with van der Waals surface area (Å²) in [7, 11) is 2.08. The van der Waals surface area contributed by atoms with Gasteiger partial charge in [0, 0.05) is 12.1 Å². The smallest absolute Gasteiger partial charge is 0.108 e. The molecule has 1 heterocycles. The van der Waals surface area contributed by atoms with Gasteiger partial charge in [-0.1, -0.05) is 43.2 Å². The zero-order valence-electron chi connectivity index (χ0n) is 11.5. The van der Waals surface area contributed by atoms with Crippen LogP contribution in [0, 0.1) is 0 Å². The highest BCUT2D eigenvalue weighted by molar-refractivity contribution is 5.23. The maximum absolute atomic E-state index is 11.0. The van der Waals surface area contributed by atoms with Crippen LogP contribution in [-0.2, 0) is 0 Å². The van der Waals surface area contributed by atoms with Crippen LogP contribution < -0.4 is 0 Å². The van der Waals surface area contributed by atoms with Gasteiger partial charge in [0.2, 0.25) is 0 Å². The first-order chi connectivity index (χ1) is 9.13. The molecule has 3 heteroatoms. The predicted molar refractivity (Wildman–Crippen MR) is 74.8 cm³/mol. The number of nitrogens with zero attached hydrogens (tertiary/aromatic N) is 1. The third kappa shape index (κ3) is 2.10. The SMILES string of the molecule is CN1[C@H]2CCCC[C@@H](O)[C@@]2(O)C[C@H]1c1ccccc1. The molecule has 1 aromatic carbocycles. The Morgan fingerprint density at radius 2 is 1.84 bits per heavy atom. The number of likely N-dealkylation sites (N-methyl/N-ethyl adjacent to an activating group) is 1. The van der Waals surface area contributed by atoms with Crippen molar-refractivity contribution in [2.24, 2.45) is 0 Å². The molecule has 3 rings (SSSR count). The fraction of sp³-hybridized carbons (Fsp3) is 0.625. The Bertz CT molecular complexity index is 436. The fourth-order valence-corrected chi connectivity index (χ4v) is 3.92. The topological polar surface area (TPSA) is 43.7 Å². The lowest BCUT2D eigenvalue weighted by atomic mass is 9.85. The Morgan fingerprint density at radius 3 is 2.58 bits per heavy atom. The van der Waals surface area contributed by atoms with E-state index < -0.39 is 11.7 Å². The number of hydrogen-bond donors (Lipinski definition) is 2. The van der Waals surface area contributed by atoms with E-state index in [-0.39, 0.29) is 12.1 Å². The summed E-state index contributed by atoms with van der Waals surface area (Å²) in [6.45, 7) is 0. The molecule has 19 heavy (non-hydrogen) atoms. The first kappa shape index (κ1) is 13.1. The molecule has 2 aliphatic rings. The van der Waals surface area contributed by atoms with Crippen molar-refractivity contribution < 1.29 is 10.2 Å². The summed E-state index contributed by atoms with van der Waals surface area (Å²) in [5.74, 6) is 0. The molecule has 0 amide bonds. The van der Waals surface area contributed by atoms with Crippen LogP contribution in [-0.4, -0.2) is 39.9 Å². The quantitative estimate of drug-likeness (QED) is 0.813. The van der Waals surface area contributed by atoms with E-state index in [9.17, 15) is 10.2 Å². The van der Waals surface area contributed by atoms with Gasteiger partial charge in [0.1, 0.15) is 5.60 Å². The van der Waals surface area contributed by atoms with Crippen LogP contribution in [0.15, 0.2) is 30.3 Å². The van der Waals surface area contributed by atoms with Crippen LogP contribution in [0.5, 0.6) is 0 Å². The van der Waals surface area contributed by atoms with E-state index in [2.05, 4.69) is 24.1 Å². The summed E-state index contributed by atoms with van der Waals surface area (Å²) in [5.41, 5.74) is 0.296. The monoisotopic (exact) mass is 261 g/mol. The van der Waals surface area contributed by atoms with Gasteiger partial charge in [0.25, 0.3) is 0 Å². The molecule has 0 unspecified atom stereocenters. The van der Waals surface area contributed by atoms with Crippen molar-refractivity contribution in [2.45, 2.75) is 55.9 Å². The molecular formula is C16H23NO2. The third-order valence-corrected chi connectivity index (χ3v) is 5.05. The van der Waals surface area contributed by atoms with Gasteiger partial charge in [-0.25, -0.2) is 0 Å². The second kappa shape index (κ2) is 4.89. The Labute approximate surface area is 114 Å². The Kier molecular flexibility index (Phi) is 3.37. The molecule has 0 bridgehead atoms. The molecule has 0 spiro atoms. The van der Waals surface area contributed by atoms with Gasteiger partial charge in [-0.2, -0.15) is 0 Å². The molecule has 2 N–H and O–H groups in total.